The van der Waals surface area contributed by atoms with Gasteiger partial charge < -0.3 is 4.57 Å². The Morgan fingerprint density at radius 3 is 2.75 bits per heavy atom. The monoisotopic (exact) mass is 217 g/mol. The topological polar surface area (TPSA) is 68.8 Å². The van der Waals surface area contributed by atoms with Crippen LogP contribution in [0.5, 0.6) is 0 Å². The molecule has 0 amide bonds. The first-order chi connectivity index (χ1) is 7.72. The van der Waals surface area contributed by atoms with Crippen LogP contribution in [-0.2, 0) is 7.05 Å². The first-order valence-corrected chi connectivity index (χ1v) is 5.08. The third-order valence-corrected chi connectivity index (χ3v) is 2.54. The third-order valence-electron chi connectivity index (χ3n) is 2.54. The van der Waals surface area contributed by atoms with E-state index in [1.165, 1.54) is 0 Å². The largest absolute Gasteiger partial charge is 0.336 e. The number of hydrazine groups is 1. The highest BCUT2D eigenvalue weighted by molar-refractivity contribution is 5.25. The summed E-state index contributed by atoms with van der Waals surface area (Å²) in [4.78, 5) is 8.46. The standard InChI is InChI=1S/C11H15N5/c1-8-7-9(3-4-13-8)10(15-12)11-14-5-6-16(11)2/h3-7,10,15H,12H2,1-2H3. The van der Waals surface area contributed by atoms with Crippen LogP contribution in [0.25, 0.3) is 0 Å². The van der Waals surface area contributed by atoms with Crippen molar-refractivity contribution in [1.29, 1.82) is 0 Å². The Morgan fingerprint density at radius 2 is 2.19 bits per heavy atom. The van der Waals surface area contributed by atoms with Crippen LogP contribution in [0, 0.1) is 6.92 Å². The number of imidazole rings is 1. The first-order valence-electron chi connectivity index (χ1n) is 5.08. The lowest BCUT2D eigenvalue weighted by Crippen LogP contribution is -2.30. The maximum absolute atomic E-state index is 5.59. The van der Waals surface area contributed by atoms with Gasteiger partial charge >= 0.3 is 0 Å². The molecule has 2 rings (SSSR count). The quantitative estimate of drug-likeness (QED) is 0.586. The molecule has 2 aromatic rings. The molecular weight excluding hydrogens is 202 g/mol. The molecule has 84 valence electrons. The zero-order chi connectivity index (χ0) is 11.5. The Morgan fingerprint density at radius 1 is 1.38 bits per heavy atom. The molecule has 5 nitrogen and oxygen atoms in total. The van der Waals surface area contributed by atoms with Gasteiger partial charge in [0, 0.05) is 31.3 Å². The van der Waals surface area contributed by atoms with E-state index >= 15 is 0 Å². The Labute approximate surface area is 94.3 Å². The van der Waals surface area contributed by atoms with E-state index in [2.05, 4.69) is 15.4 Å². The van der Waals surface area contributed by atoms with Crippen LogP contribution in [-0.4, -0.2) is 14.5 Å². The van der Waals surface area contributed by atoms with Gasteiger partial charge in [-0.25, -0.2) is 10.4 Å². The number of hydrogen-bond donors (Lipinski definition) is 2. The normalized spacial score (nSPS) is 12.7. The smallest absolute Gasteiger partial charge is 0.131 e. The van der Waals surface area contributed by atoms with E-state index in [-0.39, 0.29) is 6.04 Å². The summed E-state index contributed by atoms with van der Waals surface area (Å²) in [6, 6.07) is 3.83. The summed E-state index contributed by atoms with van der Waals surface area (Å²) in [6.45, 7) is 1.95. The SMILES string of the molecule is Cc1cc(C(NN)c2nccn2C)ccn1. The van der Waals surface area contributed by atoms with Crippen LogP contribution < -0.4 is 11.3 Å². The van der Waals surface area contributed by atoms with Crippen LogP contribution in [0.2, 0.25) is 0 Å². The highest BCUT2D eigenvalue weighted by Crippen LogP contribution is 2.19. The molecule has 0 radical (unpaired) electrons. The number of pyridine rings is 1. The predicted octanol–water partition coefficient (Wildman–Crippen LogP) is 0.676. The van der Waals surface area contributed by atoms with E-state index in [9.17, 15) is 0 Å². The van der Waals surface area contributed by atoms with E-state index in [0.29, 0.717) is 0 Å². The molecular formula is C11H15N5. The van der Waals surface area contributed by atoms with Crippen molar-refractivity contribution in [3.63, 3.8) is 0 Å². The summed E-state index contributed by atoms with van der Waals surface area (Å²) in [5.41, 5.74) is 4.80. The Bertz CT molecular complexity index is 477. The molecule has 0 saturated heterocycles. The summed E-state index contributed by atoms with van der Waals surface area (Å²) in [7, 11) is 1.95. The van der Waals surface area contributed by atoms with E-state index < -0.39 is 0 Å². The van der Waals surface area contributed by atoms with Crippen molar-refractivity contribution in [2.24, 2.45) is 12.9 Å². The Hall–Kier alpha value is -1.72. The van der Waals surface area contributed by atoms with E-state index in [0.717, 1.165) is 17.1 Å². The molecule has 1 unspecified atom stereocenters. The summed E-state index contributed by atoms with van der Waals surface area (Å²) >= 11 is 0. The van der Waals surface area contributed by atoms with Gasteiger partial charge in [-0.3, -0.25) is 10.8 Å². The first kappa shape index (κ1) is 10.8. The van der Waals surface area contributed by atoms with Crippen molar-refractivity contribution >= 4 is 0 Å². The summed E-state index contributed by atoms with van der Waals surface area (Å²) < 4.78 is 1.94. The van der Waals surface area contributed by atoms with E-state index in [1.54, 1.807) is 12.4 Å². The zero-order valence-electron chi connectivity index (χ0n) is 9.38. The molecule has 2 aromatic heterocycles. The van der Waals surface area contributed by atoms with Gasteiger partial charge in [-0.1, -0.05) is 0 Å². The second-order valence-corrected chi connectivity index (χ2v) is 3.73. The number of nitrogens with one attached hydrogen (secondary N) is 1. The zero-order valence-corrected chi connectivity index (χ0v) is 9.38. The fourth-order valence-corrected chi connectivity index (χ4v) is 1.72. The molecule has 1 atom stereocenters. The van der Waals surface area contributed by atoms with Gasteiger partial charge in [0.2, 0.25) is 0 Å². The predicted molar refractivity (Wildman–Crippen MR) is 61.3 cm³/mol. The molecule has 0 bridgehead atoms. The van der Waals surface area contributed by atoms with Crippen LogP contribution in [0.15, 0.2) is 30.7 Å². The number of aryl methyl sites for hydroxylation is 2. The lowest BCUT2D eigenvalue weighted by atomic mass is 10.1. The number of nitrogens with two attached hydrogens (primary N) is 1. The van der Waals surface area contributed by atoms with Crippen molar-refractivity contribution in [2.45, 2.75) is 13.0 Å². The van der Waals surface area contributed by atoms with Crippen molar-refractivity contribution in [2.75, 3.05) is 0 Å². The molecule has 5 heteroatoms. The van der Waals surface area contributed by atoms with Gasteiger partial charge in [0.1, 0.15) is 11.9 Å². The second-order valence-electron chi connectivity index (χ2n) is 3.73. The minimum Gasteiger partial charge on any atom is -0.336 e. The van der Waals surface area contributed by atoms with Crippen molar-refractivity contribution < 1.29 is 0 Å². The maximum Gasteiger partial charge on any atom is 0.131 e. The lowest BCUT2D eigenvalue weighted by Gasteiger charge is -2.16. The van der Waals surface area contributed by atoms with Gasteiger partial charge in [-0.15, -0.1) is 0 Å². The van der Waals surface area contributed by atoms with Gasteiger partial charge in [0.15, 0.2) is 0 Å². The third kappa shape index (κ3) is 1.95. The number of rotatable bonds is 3. The van der Waals surface area contributed by atoms with Crippen molar-refractivity contribution in [1.82, 2.24) is 20.0 Å². The minimum atomic E-state index is -0.110. The molecule has 0 fully saturated rings. The summed E-state index contributed by atoms with van der Waals surface area (Å²) in [5.74, 6) is 6.47. The van der Waals surface area contributed by atoms with Crippen LogP contribution in [0.4, 0.5) is 0 Å². The summed E-state index contributed by atoms with van der Waals surface area (Å²) in [6.07, 6.45) is 5.43. The number of hydrogen-bond acceptors (Lipinski definition) is 4. The molecule has 0 aliphatic heterocycles. The highest BCUT2D eigenvalue weighted by Gasteiger charge is 2.16. The number of aromatic nitrogens is 3. The Kier molecular flexibility index (Phi) is 2.98. The highest BCUT2D eigenvalue weighted by atomic mass is 15.3. The van der Waals surface area contributed by atoms with E-state index in [1.807, 2.05) is 36.9 Å². The van der Waals surface area contributed by atoms with Gasteiger partial charge in [-0.2, -0.15) is 0 Å². The van der Waals surface area contributed by atoms with Crippen LogP contribution in [0.3, 0.4) is 0 Å². The average molecular weight is 217 g/mol. The fraction of sp³-hybridized carbons (Fsp3) is 0.273. The van der Waals surface area contributed by atoms with Gasteiger partial charge in [0.05, 0.1) is 0 Å². The minimum absolute atomic E-state index is 0.110. The molecule has 3 N–H and O–H groups in total. The molecule has 16 heavy (non-hydrogen) atoms. The van der Waals surface area contributed by atoms with Gasteiger partial charge in [0.25, 0.3) is 0 Å². The Balaban J connectivity index is 2.40. The summed E-state index contributed by atoms with van der Waals surface area (Å²) in [5, 5.41) is 0. The van der Waals surface area contributed by atoms with Crippen molar-refractivity contribution in [3.8, 4) is 0 Å². The maximum atomic E-state index is 5.59. The lowest BCUT2D eigenvalue weighted by molar-refractivity contribution is 0.579. The molecule has 0 aromatic carbocycles. The molecule has 0 spiro atoms. The number of nitrogens with zero attached hydrogens (tertiary/aromatic N) is 3. The van der Waals surface area contributed by atoms with E-state index in [4.69, 9.17) is 5.84 Å². The molecule has 0 saturated carbocycles. The van der Waals surface area contributed by atoms with Crippen molar-refractivity contribution in [3.05, 3.63) is 47.8 Å². The molecule has 0 aliphatic rings. The van der Waals surface area contributed by atoms with Gasteiger partial charge in [-0.05, 0) is 24.6 Å². The van der Waals surface area contributed by atoms with Crippen LogP contribution in [0.1, 0.15) is 23.1 Å². The average Bonchev–Trinajstić information content (AvgIpc) is 2.67. The molecule has 0 aliphatic carbocycles. The second kappa shape index (κ2) is 4.42. The van der Waals surface area contributed by atoms with Crippen LogP contribution >= 0.6 is 0 Å². The molecule has 2 heterocycles. The fourth-order valence-electron chi connectivity index (χ4n) is 1.72.